The summed E-state index contributed by atoms with van der Waals surface area (Å²) in [6, 6.07) is 2.96. The second-order valence-corrected chi connectivity index (χ2v) is 5.94. The fourth-order valence-corrected chi connectivity index (χ4v) is 2.68. The SMILES string of the molecule is COc1nc(OCC(F)(F)F)ccc1Cn1cc2c(n1)C=CCC=C2Cl. The number of alkyl halides is 3. The highest BCUT2D eigenvalue weighted by Crippen LogP contribution is 2.28. The summed E-state index contributed by atoms with van der Waals surface area (Å²) in [7, 11) is 1.39. The van der Waals surface area contributed by atoms with Crippen molar-refractivity contribution in [3.63, 3.8) is 0 Å². The molecule has 9 heteroatoms. The summed E-state index contributed by atoms with van der Waals surface area (Å²) in [6.07, 6.45) is 3.86. The van der Waals surface area contributed by atoms with Gasteiger partial charge >= 0.3 is 6.18 Å². The molecular weight excluding hydrogens is 371 g/mol. The van der Waals surface area contributed by atoms with Crippen LogP contribution in [0.5, 0.6) is 11.8 Å². The van der Waals surface area contributed by atoms with E-state index in [9.17, 15) is 13.2 Å². The van der Waals surface area contributed by atoms with Crippen molar-refractivity contribution in [1.29, 1.82) is 0 Å². The van der Waals surface area contributed by atoms with E-state index in [1.54, 1.807) is 16.9 Å². The molecule has 0 atom stereocenters. The van der Waals surface area contributed by atoms with Gasteiger partial charge in [0.2, 0.25) is 11.8 Å². The van der Waals surface area contributed by atoms with Gasteiger partial charge in [0.15, 0.2) is 6.61 Å². The number of rotatable bonds is 5. The molecule has 2 aromatic heterocycles. The molecule has 1 aliphatic rings. The molecule has 138 valence electrons. The molecule has 1 aliphatic carbocycles. The predicted octanol–water partition coefficient (Wildman–Crippen LogP) is 4.27. The van der Waals surface area contributed by atoms with Gasteiger partial charge in [-0.15, -0.1) is 0 Å². The Hall–Kier alpha value is -2.48. The third-order valence-corrected chi connectivity index (χ3v) is 3.94. The summed E-state index contributed by atoms with van der Waals surface area (Å²) in [6.45, 7) is -1.09. The first-order valence-electron chi connectivity index (χ1n) is 7.69. The van der Waals surface area contributed by atoms with Crippen molar-refractivity contribution < 1.29 is 22.6 Å². The van der Waals surface area contributed by atoms with E-state index in [2.05, 4.69) is 14.8 Å². The second kappa shape index (κ2) is 7.41. The standard InChI is InChI=1S/C17H15ClF3N3O2/c1-25-16-11(6-7-15(22-16)26-10-17(19,20)21)8-24-9-12-13(18)4-2-3-5-14(12)23-24/h3-7,9H,2,8,10H2,1H3. The Kier molecular flexibility index (Phi) is 5.22. The van der Waals surface area contributed by atoms with Crippen molar-refractivity contribution >= 4 is 22.7 Å². The number of nitrogens with zero attached hydrogens (tertiary/aromatic N) is 3. The molecular formula is C17H15ClF3N3O2. The van der Waals surface area contributed by atoms with Gasteiger partial charge in [0, 0.05) is 28.4 Å². The quantitative estimate of drug-likeness (QED) is 0.771. The number of halogens is 4. The maximum absolute atomic E-state index is 12.2. The summed E-state index contributed by atoms with van der Waals surface area (Å²) < 4.78 is 48.2. The molecule has 2 heterocycles. The average molecular weight is 386 g/mol. The Morgan fingerprint density at radius 3 is 2.85 bits per heavy atom. The van der Waals surface area contributed by atoms with Crippen molar-refractivity contribution in [2.45, 2.75) is 19.1 Å². The number of hydrogen-bond acceptors (Lipinski definition) is 4. The highest BCUT2D eigenvalue weighted by atomic mass is 35.5. The van der Waals surface area contributed by atoms with E-state index in [1.165, 1.54) is 13.2 Å². The molecule has 0 N–H and O–H groups in total. The Morgan fingerprint density at radius 2 is 2.12 bits per heavy atom. The third kappa shape index (κ3) is 4.37. The van der Waals surface area contributed by atoms with Gasteiger partial charge in [0.25, 0.3) is 0 Å². The van der Waals surface area contributed by atoms with Gasteiger partial charge in [-0.25, -0.2) is 0 Å². The van der Waals surface area contributed by atoms with Gasteiger partial charge in [-0.2, -0.15) is 23.3 Å². The van der Waals surface area contributed by atoms with Crippen molar-refractivity contribution in [3.8, 4) is 11.8 Å². The Balaban J connectivity index is 1.80. The lowest BCUT2D eigenvalue weighted by Crippen LogP contribution is -2.19. The summed E-state index contributed by atoms with van der Waals surface area (Å²) in [5.41, 5.74) is 2.21. The minimum absolute atomic E-state index is 0.159. The maximum Gasteiger partial charge on any atom is 0.422 e. The lowest BCUT2D eigenvalue weighted by molar-refractivity contribution is -0.154. The van der Waals surface area contributed by atoms with Crippen LogP contribution in [0.25, 0.3) is 11.1 Å². The van der Waals surface area contributed by atoms with Crippen LogP contribution in [0, 0.1) is 0 Å². The first-order valence-corrected chi connectivity index (χ1v) is 8.07. The monoisotopic (exact) mass is 385 g/mol. The number of pyridine rings is 1. The number of hydrogen-bond donors (Lipinski definition) is 0. The van der Waals surface area contributed by atoms with Crippen LogP contribution in [0.15, 0.2) is 30.5 Å². The zero-order chi connectivity index (χ0) is 18.7. The van der Waals surface area contributed by atoms with E-state index >= 15 is 0 Å². The molecule has 3 rings (SSSR count). The van der Waals surface area contributed by atoms with Crippen LogP contribution in [0.1, 0.15) is 23.2 Å². The number of methoxy groups -OCH3 is 1. The van der Waals surface area contributed by atoms with Gasteiger partial charge in [-0.3, -0.25) is 4.68 Å². The average Bonchev–Trinajstić information content (AvgIpc) is 2.92. The Labute approximate surface area is 152 Å². The van der Waals surface area contributed by atoms with Crippen LogP contribution >= 0.6 is 11.6 Å². The van der Waals surface area contributed by atoms with Gasteiger partial charge in [0.05, 0.1) is 19.3 Å². The van der Waals surface area contributed by atoms with Crippen molar-refractivity contribution in [2.24, 2.45) is 0 Å². The van der Waals surface area contributed by atoms with E-state index in [0.29, 0.717) is 17.1 Å². The van der Waals surface area contributed by atoms with Crippen molar-refractivity contribution in [3.05, 3.63) is 47.3 Å². The van der Waals surface area contributed by atoms with E-state index in [0.717, 1.165) is 17.7 Å². The lowest BCUT2D eigenvalue weighted by atomic mass is 10.2. The van der Waals surface area contributed by atoms with E-state index < -0.39 is 12.8 Å². The molecule has 0 radical (unpaired) electrons. The number of ether oxygens (including phenoxy) is 2. The Bertz CT molecular complexity index is 859. The van der Waals surface area contributed by atoms with E-state index in [-0.39, 0.29) is 11.8 Å². The van der Waals surface area contributed by atoms with Gasteiger partial charge < -0.3 is 9.47 Å². The maximum atomic E-state index is 12.2. The fraction of sp³-hybridized carbons (Fsp3) is 0.294. The fourth-order valence-electron chi connectivity index (χ4n) is 2.45. The van der Waals surface area contributed by atoms with Crippen LogP contribution in [-0.2, 0) is 6.54 Å². The third-order valence-electron chi connectivity index (χ3n) is 3.58. The van der Waals surface area contributed by atoms with Crippen LogP contribution in [0.4, 0.5) is 13.2 Å². The molecule has 2 aromatic rings. The predicted molar refractivity (Wildman–Crippen MR) is 91.1 cm³/mol. The summed E-state index contributed by atoms with van der Waals surface area (Å²) >= 11 is 6.24. The minimum atomic E-state index is -4.43. The first-order chi connectivity index (χ1) is 12.4. The molecule has 0 fully saturated rings. The first kappa shape index (κ1) is 18.3. The molecule has 0 unspecified atom stereocenters. The zero-order valence-corrected chi connectivity index (χ0v) is 14.5. The largest absolute Gasteiger partial charge is 0.481 e. The molecule has 0 saturated carbocycles. The van der Waals surface area contributed by atoms with Crippen molar-refractivity contribution in [1.82, 2.24) is 14.8 Å². The lowest BCUT2D eigenvalue weighted by Gasteiger charge is -2.12. The summed E-state index contributed by atoms with van der Waals surface area (Å²) in [5, 5.41) is 5.09. The normalized spacial score (nSPS) is 13.8. The second-order valence-electron chi connectivity index (χ2n) is 5.54. The number of aromatic nitrogens is 3. The summed E-state index contributed by atoms with van der Waals surface area (Å²) in [5.74, 6) is 0.0145. The summed E-state index contributed by atoms with van der Waals surface area (Å²) in [4.78, 5) is 3.97. The van der Waals surface area contributed by atoms with Crippen LogP contribution in [0.2, 0.25) is 0 Å². The molecule has 0 aromatic carbocycles. The molecule has 26 heavy (non-hydrogen) atoms. The van der Waals surface area contributed by atoms with Crippen molar-refractivity contribution in [2.75, 3.05) is 13.7 Å². The highest BCUT2D eigenvalue weighted by molar-refractivity contribution is 6.49. The van der Waals surface area contributed by atoms with Crippen LogP contribution < -0.4 is 9.47 Å². The Morgan fingerprint density at radius 1 is 1.31 bits per heavy atom. The highest BCUT2D eigenvalue weighted by Gasteiger charge is 2.28. The minimum Gasteiger partial charge on any atom is -0.481 e. The zero-order valence-electron chi connectivity index (χ0n) is 13.8. The molecule has 0 aliphatic heterocycles. The molecule has 0 amide bonds. The van der Waals surface area contributed by atoms with Gasteiger partial charge in [0.1, 0.15) is 0 Å². The number of fused-ring (bicyclic) bond motifs is 1. The van der Waals surface area contributed by atoms with E-state index in [1.807, 2.05) is 18.2 Å². The van der Waals surface area contributed by atoms with Crippen LogP contribution in [0.3, 0.4) is 0 Å². The van der Waals surface area contributed by atoms with Gasteiger partial charge in [-0.05, 0) is 18.6 Å². The van der Waals surface area contributed by atoms with E-state index in [4.69, 9.17) is 16.3 Å². The number of allylic oxidation sites excluding steroid dienone is 2. The molecule has 0 bridgehead atoms. The van der Waals surface area contributed by atoms with Gasteiger partial charge in [-0.1, -0.05) is 23.8 Å². The molecule has 0 spiro atoms. The molecule has 5 nitrogen and oxygen atoms in total. The van der Waals surface area contributed by atoms with Crippen LogP contribution in [-0.4, -0.2) is 34.7 Å². The molecule has 0 saturated heterocycles. The smallest absolute Gasteiger partial charge is 0.422 e. The topological polar surface area (TPSA) is 49.2 Å².